The van der Waals surface area contributed by atoms with Gasteiger partial charge in [0, 0.05) is 23.2 Å². The molecule has 0 saturated heterocycles. The number of aryl methyl sites for hydroxylation is 1. The van der Waals surface area contributed by atoms with E-state index in [-0.39, 0.29) is 10.8 Å². The van der Waals surface area contributed by atoms with Crippen molar-refractivity contribution >= 4 is 0 Å². The number of allylic oxidation sites excluding steroid dienone is 4. The van der Waals surface area contributed by atoms with Gasteiger partial charge in [-0.2, -0.15) is 0 Å². The zero-order valence-electron chi connectivity index (χ0n) is 22.9. The quantitative estimate of drug-likeness (QED) is 0.409. The monoisotopic (exact) mass is 503 g/mol. The van der Waals surface area contributed by atoms with Crippen LogP contribution in [0.25, 0.3) is 0 Å². The number of pyridine rings is 1. The average molecular weight is 504 g/mol. The van der Waals surface area contributed by atoms with E-state index in [1.807, 2.05) is 13.0 Å². The number of nitrogens with zero attached hydrogens (tertiary/aromatic N) is 1. The number of aliphatic hydroxyl groups excluding tert-OH is 3. The van der Waals surface area contributed by atoms with Gasteiger partial charge >= 0.3 is 0 Å². The zero-order valence-corrected chi connectivity index (χ0v) is 22.9. The second-order valence-corrected chi connectivity index (χ2v) is 12.7. The Morgan fingerprint density at radius 3 is 2.62 bits per heavy atom. The Bertz CT molecular complexity index is 1110. The third-order valence-corrected chi connectivity index (χ3v) is 10.3. The number of hydrogen-bond acceptors (Lipinski definition) is 4. The van der Waals surface area contributed by atoms with Gasteiger partial charge in [0.15, 0.2) is 0 Å². The van der Waals surface area contributed by atoms with Gasteiger partial charge in [0.1, 0.15) is 0 Å². The molecule has 0 bridgehead atoms. The van der Waals surface area contributed by atoms with E-state index in [1.165, 1.54) is 31.3 Å². The lowest BCUT2D eigenvalue weighted by Gasteiger charge is -2.44. The molecule has 3 N–H and O–H groups in total. The minimum Gasteiger partial charge on any atom is -0.393 e. The minimum absolute atomic E-state index is 0.205. The Hall–Kier alpha value is -2.01. The van der Waals surface area contributed by atoms with E-state index in [4.69, 9.17) is 4.98 Å². The normalized spacial score (nSPS) is 37.2. The molecule has 0 spiro atoms. The van der Waals surface area contributed by atoms with Crippen LogP contribution in [0.3, 0.4) is 0 Å². The smallest absolute Gasteiger partial charge is 0.0832 e. The summed E-state index contributed by atoms with van der Waals surface area (Å²) in [5.41, 5.74) is 5.36. The second kappa shape index (κ2) is 10.3. The third kappa shape index (κ3) is 5.05. The predicted molar refractivity (Wildman–Crippen MR) is 149 cm³/mol. The van der Waals surface area contributed by atoms with Crippen molar-refractivity contribution in [2.75, 3.05) is 0 Å². The molecule has 7 atom stereocenters. The van der Waals surface area contributed by atoms with Gasteiger partial charge in [-0.15, -0.1) is 0 Å². The summed E-state index contributed by atoms with van der Waals surface area (Å²) in [6, 6.07) is 6.13. The van der Waals surface area contributed by atoms with Crippen LogP contribution in [-0.4, -0.2) is 38.6 Å². The van der Waals surface area contributed by atoms with E-state index in [2.05, 4.69) is 56.9 Å². The lowest BCUT2D eigenvalue weighted by Crippen LogP contribution is -2.35. The highest BCUT2D eigenvalue weighted by Gasteiger charge is 2.52. The van der Waals surface area contributed by atoms with Crippen molar-refractivity contribution in [3.63, 3.8) is 0 Å². The van der Waals surface area contributed by atoms with Crippen LogP contribution in [0.2, 0.25) is 0 Å². The molecule has 0 radical (unpaired) electrons. The van der Waals surface area contributed by atoms with Gasteiger partial charge in [0.05, 0.1) is 18.3 Å². The molecule has 0 amide bonds. The number of hydrogen-bond donors (Lipinski definition) is 3. The first-order chi connectivity index (χ1) is 17.6. The summed E-state index contributed by atoms with van der Waals surface area (Å²) in [6.45, 7) is 10.9. The molecule has 1 aromatic heterocycles. The number of fused-ring (bicyclic) bond motifs is 1. The standard InChI is InChI=1S/C33H45NO3/c1-21(10-15-31(37)33(17-18-33)30-9-5-7-22(2)34-30)27-13-14-28-24(8-6-16-32(27,28)4)11-12-25-19-26(35)20-29(36)23(25)3/h5,7,9-12,15,21,26-29,31,35-37H,3,6,8,13-14,16-20H2,1-2,4H3/b15-10+,24-11+,25-12-/t21-,26-,27-,28+,29+,31+,32-/m1/s1. The maximum Gasteiger partial charge on any atom is 0.0832 e. The van der Waals surface area contributed by atoms with Gasteiger partial charge in [0.25, 0.3) is 0 Å². The molecule has 4 fully saturated rings. The first kappa shape index (κ1) is 26.6. The number of aromatic nitrogens is 1. The van der Waals surface area contributed by atoms with E-state index >= 15 is 0 Å². The molecule has 1 aromatic rings. The topological polar surface area (TPSA) is 73.6 Å². The fraction of sp³-hybridized carbons (Fsp3) is 0.606. The molecule has 5 rings (SSSR count). The zero-order chi connectivity index (χ0) is 26.4. The highest BCUT2D eigenvalue weighted by molar-refractivity contribution is 5.39. The van der Waals surface area contributed by atoms with Crippen LogP contribution in [0.1, 0.15) is 83.0 Å². The van der Waals surface area contributed by atoms with Crippen LogP contribution in [0.4, 0.5) is 0 Å². The summed E-state index contributed by atoms with van der Waals surface area (Å²) in [6.07, 6.45) is 16.1. The van der Waals surface area contributed by atoms with E-state index in [0.717, 1.165) is 41.8 Å². The summed E-state index contributed by atoms with van der Waals surface area (Å²) in [5.74, 6) is 1.58. The largest absolute Gasteiger partial charge is 0.393 e. The molecule has 4 nitrogen and oxygen atoms in total. The summed E-state index contributed by atoms with van der Waals surface area (Å²) < 4.78 is 0. The van der Waals surface area contributed by atoms with Gasteiger partial charge < -0.3 is 15.3 Å². The Morgan fingerprint density at radius 2 is 1.89 bits per heavy atom. The molecular formula is C33H45NO3. The second-order valence-electron chi connectivity index (χ2n) is 12.7. The number of rotatable bonds is 6. The maximum atomic E-state index is 11.2. The predicted octanol–water partition coefficient (Wildman–Crippen LogP) is 6.12. The van der Waals surface area contributed by atoms with Crippen LogP contribution in [0.15, 0.2) is 65.8 Å². The molecular weight excluding hydrogens is 458 g/mol. The summed E-state index contributed by atoms with van der Waals surface area (Å²) in [5, 5.41) is 31.5. The Labute approximate surface area is 222 Å². The summed E-state index contributed by atoms with van der Waals surface area (Å²) >= 11 is 0. The molecule has 1 heterocycles. The van der Waals surface area contributed by atoms with E-state index in [1.54, 1.807) is 0 Å². The summed E-state index contributed by atoms with van der Waals surface area (Å²) in [7, 11) is 0. The van der Waals surface area contributed by atoms with Crippen LogP contribution >= 0.6 is 0 Å². The molecule has 0 unspecified atom stereocenters. The lowest BCUT2D eigenvalue weighted by molar-refractivity contribution is 0.0862. The van der Waals surface area contributed by atoms with Gasteiger partial charge in [0.2, 0.25) is 0 Å². The van der Waals surface area contributed by atoms with Crippen molar-refractivity contribution in [2.45, 2.75) is 102 Å². The van der Waals surface area contributed by atoms with Crippen molar-refractivity contribution in [3.05, 3.63) is 77.2 Å². The van der Waals surface area contributed by atoms with Crippen molar-refractivity contribution in [2.24, 2.45) is 23.2 Å². The van der Waals surface area contributed by atoms with Crippen LogP contribution in [0.5, 0.6) is 0 Å². The Balaban J connectivity index is 1.29. The molecule has 200 valence electrons. The van der Waals surface area contributed by atoms with Crippen LogP contribution < -0.4 is 0 Å². The molecule has 4 heteroatoms. The van der Waals surface area contributed by atoms with Gasteiger partial charge in [-0.3, -0.25) is 4.98 Å². The highest BCUT2D eigenvalue weighted by Crippen LogP contribution is 2.59. The molecule has 0 aliphatic heterocycles. The average Bonchev–Trinajstić information content (AvgIpc) is 3.60. The lowest BCUT2D eigenvalue weighted by atomic mass is 9.61. The fourth-order valence-corrected chi connectivity index (χ4v) is 7.87. The maximum absolute atomic E-state index is 11.2. The molecule has 4 aliphatic carbocycles. The third-order valence-electron chi connectivity index (χ3n) is 10.3. The molecule has 4 saturated carbocycles. The van der Waals surface area contributed by atoms with Crippen molar-refractivity contribution < 1.29 is 15.3 Å². The van der Waals surface area contributed by atoms with E-state index in [9.17, 15) is 15.3 Å². The molecule has 37 heavy (non-hydrogen) atoms. The van der Waals surface area contributed by atoms with Crippen LogP contribution in [-0.2, 0) is 5.41 Å². The Kier molecular flexibility index (Phi) is 7.39. The summed E-state index contributed by atoms with van der Waals surface area (Å²) in [4.78, 5) is 4.73. The molecule has 0 aromatic carbocycles. The van der Waals surface area contributed by atoms with Crippen molar-refractivity contribution in [1.29, 1.82) is 0 Å². The van der Waals surface area contributed by atoms with Gasteiger partial charge in [-0.25, -0.2) is 0 Å². The Morgan fingerprint density at radius 1 is 1.11 bits per heavy atom. The van der Waals surface area contributed by atoms with E-state index in [0.29, 0.717) is 30.6 Å². The molecule has 4 aliphatic rings. The van der Waals surface area contributed by atoms with Crippen LogP contribution in [0, 0.1) is 30.1 Å². The minimum atomic E-state index is -0.639. The number of aliphatic hydroxyl groups is 3. The SMILES string of the molecule is C=C1/C(=C\C=C2/CCC[C@]3(C)[C@@H]([C@H](C)/C=C/[C@H](O)C4(c5cccc(C)n5)CC4)CC[C@@H]23)C[C@@H](O)C[C@@H]1O. The first-order valence-corrected chi connectivity index (χ1v) is 14.4. The van der Waals surface area contributed by atoms with Crippen molar-refractivity contribution in [3.8, 4) is 0 Å². The van der Waals surface area contributed by atoms with Gasteiger partial charge in [-0.1, -0.05) is 56.4 Å². The van der Waals surface area contributed by atoms with E-state index < -0.39 is 18.3 Å². The van der Waals surface area contributed by atoms with Crippen molar-refractivity contribution in [1.82, 2.24) is 4.98 Å². The van der Waals surface area contributed by atoms with Gasteiger partial charge in [-0.05, 0) is 105 Å². The highest BCUT2D eigenvalue weighted by atomic mass is 16.3. The first-order valence-electron chi connectivity index (χ1n) is 14.4. The fourth-order valence-electron chi connectivity index (χ4n) is 7.87.